The zero-order chi connectivity index (χ0) is 40.7. The van der Waals surface area contributed by atoms with E-state index in [9.17, 15) is 0 Å². The monoisotopic (exact) mass is 779 g/mol. The molecular formula is C59H41NO. The van der Waals surface area contributed by atoms with Gasteiger partial charge < -0.3 is 9.32 Å². The van der Waals surface area contributed by atoms with Gasteiger partial charge in [0.15, 0.2) is 0 Å². The average Bonchev–Trinajstić information content (AvgIpc) is 3.80. The maximum atomic E-state index is 6.26. The van der Waals surface area contributed by atoms with E-state index >= 15 is 0 Å². The molecule has 2 heteroatoms. The summed E-state index contributed by atoms with van der Waals surface area (Å²) in [7, 11) is 0. The molecule has 10 aromatic carbocycles. The van der Waals surface area contributed by atoms with E-state index in [1.165, 1.54) is 66.1 Å². The van der Waals surface area contributed by atoms with Crippen LogP contribution in [0.15, 0.2) is 217 Å². The molecule has 0 radical (unpaired) electrons. The predicted molar refractivity (Wildman–Crippen MR) is 257 cm³/mol. The number of hydrogen-bond donors (Lipinski definition) is 0. The van der Waals surface area contributed by atoms with Crippen molar-refractivity contribution in [1.82, 2.24) is 0 Å². The first-order chi connectivity index (χ1) is 30.0. The smallest absolute Gasteiger partial charge is 0.135 e. The molecule has 0 unspecified atom stereocenters. The molecule has 11 aromatic rings. The Kier molecular flexibility index (Phi) is 7.92. The standard InChI is InChI=1S/C59H41NO/c1-59(2)53-24-8-5-20-51(53)58-47(22-13-25-54(58)59)39-28-32-42(33-29-39)60(55-26-9-6-18-46(55)41-31-35-57-52(37-41)50-19-7-10-27-56(50)61-57)43-16-11-15-40(36-43)45-21-12-23-48-44-17-4-3-14-38(44)30-34-49(45)48/h3-37H,1-2H3. The first-order valence-electron chi connectivity index (χ1n) is 21.2. The summed E-state index contributed by atoms with van der Waals surface area (Å²) in [6.45, 7) is 4.70. The van der Waals surface area contributed by atoms with E-state index in [0.29, 0.717) is 0 Å². The molecule has 1 aliphatic rings. The maximum Gasteiger partial charge on any atom is 0.135 e. The number of furan rings is 1. The Bertz CT molecular complexity index is 3520. The fourth-order valence-corrected chi connectivity index (χ4v) is 10.1. The maximum absolute atomic E-state index is 6.26. The van der Waals surface area contributed by atoms with Gasteiger partial charge in [-0.15, -0.1) is 0 Å². The third kappa shape index (κ3) is 5.56. The molecule has 0 amide bonds. The number of benzene rings is 10. The first kappa shape index (κ1) is 35.3. The van der Waals surface area contributed by atoms with Gasteiger partial charge in [-0.05, 0) is 120 Å². The third-order valence-electron chi connectivity index (χ3n) is 13.1. The van der Waals surface area contributed by atoms with E-state index in [1.807, 2.05) is 12.1 Å². The number of nitrogens with zero attached hydrogens (tertiary/aromatic N) is 1. The van der Waals surface area contributed by atoms with E-state index in [0.717, 1.165) is 50.1 Å². The number of hydrogen-bond acceptors (Lipinski definition) is 2. The van der Waals surface area contributed by atoms with E-state index < -0.39 is 0 Å². The Hall–Kier alpha value is -7.68. The summed E-state index contributed by atoms with van der Waals surface area (Å²) < 4.78 is 6.26. The van der Waals surface area contributed by atoms with Gasteiger partial charge in [0, 0.05) is 33.1 Å². The lowest BCUT2D eigenvalue weighted by Crippen LogP contribution is -2.14. The second-order valence-electron chi connectivity index (χ2n) is 16.8. The van der Waals surface area contributed by atoms with Gasteiger partial charge in [0.25, 0.3) is 0 Å². The number of fused-ring (bicyclic) bond motifs is 9. The van der Waals surface area contributed by atoms with Crippen molar-refractivity contribution in [3.63, 3.8) is 0 Å². The SMILES string of the molecule is CC1(C)c2ccccc2-c2c(-c3ccc(N(c4cccc(-c5cccc6c5ccc5ccccc56)c4)c4ccccc4-c4ccc5oc6ccccc6c5c4)cc3)cccc21. The van der Waals surface area contributed by atoms with Crippen LogP contribution in [0.1, 0.15) is 25.0 Å². The van der Waals surface area contributed by atoms with Gasteiger partial charge in [-0.25, -0.2) is 0 Å². The van der Waals surface area contributed by atoms with E-state index in [4.69, 9.17) is 4.42 Å². The van der Waals surface area contributed by atoms with Crippen molar-refractivity contribution in [1.29, 1.82) is 0 Å². The zero-order valence-electron chi connectivity index (χ0n) is 34.1. The molecule has 2 nitrogen and oxygen atoms in total. The lowest BCUT2D eigenvalue weighted by atomic mass is 9.82. The van der Waals surface area contributed by atoms with Crippen LogP contribution >= 0.6 is 0 Å². The minimum atomic E-state index is -0.0592. The topological polar surface area (TPSA) is 16.4 Å². The molecule has 0 fully saturated rings. The number of rotatable bonds is 6. The van der Waals surface area contributed by atoms with Crippen LogP contribution in [-0.4, -0.2) is 0 Å². The lowest BCUT2D eigenvalue weighted by Gasteiger charge is -2.28. The van der Waals surface area contributed by atoms with Crippen LogP contribution in [0.2, 0.25) is 0 Å². The van der Waals surface area contributed by atoms with Gasteiger partial charge in [0.1, 0.15) is 11.2 Å². The number of anilines is 3. The normalized spacial score (nSPS) is 12.9. The van der Waals surface area contributed by atoms with Crippen molar-refractivity contribution >= 4 is 60.5 Å². The van der Waals surface area contributed by atoms with Crippen molar-refractivity contribution < 1.29 is 4.42 Å². The Morgan fingerprint density at radius 3 is 1.90 bits per heavy atom. The second kappa shape index (κ2) is 13.7. The highest BCUT2D eigenvalue weighted by atomic mass is 16.3. The lowest BCUT2D eigenvalue weighted by molar-refractivity contribution is 0.660. The van der Waals surface area contributed by atoms with Crippen LogP contribution in [0, 0.1) is 0 Å². The van der Waals surface area contributed by atoms with Crippen LogP contribution in [0.4, 0.5) is 17.1 Å². The largest absolute Gasteiger partial charge is 0.456 e. The molecule has 0 saturated heterocycles. The summed E-state index contributed by atoms with van der Waals surface area (Å²) in [5.41, 5.74) is 17.6. The molecule has 1 aliphatic carbocycles. The van der Waals surface area contributed by atoms with Crippen molar-refractivity contribution in [2.75, 3.05) is 4.90 Å². The minimum Gasteiger partial charge on any atom is -0.456 e. The summed E-state index contributed by atoms with van der Waals surface area (Å²) in [4.78, 5) is 2.43. The molecule has 61 heavy (non-hydrogen) atoms. The molecular weight excluding hydrogens is 739 g/mol. The van der Waals surface area contributed by atoms with Crippen molar-refractivity contribution in [3.05, 3.63) is 223 Å². The Morgan fingerprint density at radius 2 is 1.00 bits per heavy atom. The molecule has 0 saturated carbocycles. The molecule has 1 heterocycles. The zero-order valence-corrected chi connectivity index (χ0v) is 34.1. The van der Waals surface area contributed by atoms with Gasteiger partial charge >= 0.3 is 0 Å². The van der Waals surface area contributed by atoms with E-state index in [2.05, 4.69) is 219 Å². The Balaban J connectivity index is 1.03. The summed E-state index contributed by atoms with van der Waals surface area (Å²) in [5, 5.41) is 7.27. The predicted octanol–water partition coefficient (Wildman–Crippen LogP) is 16.7. The van der Waals surface area contributed by atoms with Gasteiger partial charge in [0.2, 0.25) is 0 Å². The fourth-order valence-electron chi connectivity index (χ4n) is 10.1. The molecule has 0 N–H and O–H groups in total. The average molecular weight is 780 g/mol. The number of para-hydroxylation sites is 2. The summed E-state index contributed by atoms with van der Waals surface area (Å²) >= 11 is 0. The Morgan fingerprint density at radius 1 is 0.361 bits per heavy atom. The highest BCUT2D eigenvalue weighted by Crippen LogP contribution is 2.52. The van der Waals surface area contributed by atoms with Crippen molar-refractivity contribution in [2.24, 2.45) is 0 Å². The van der Waals surface area contributed by atoms with Gasteiger partial charge in [-0.3, -0.25) is 0 Å². The van der Waals surface area contributed by atoms with E-state index in [-0.39, 0.29) is 5.41 Å². The fraction of sp³-hybridized carbons (Fsp3) is 0.0508. The van der Waals surface area contributed by atoms with Crippen molar-refractivity contribution in [3.8, 4) is 44.5 Å². The van der Waals surface area contributed by atoms with Crippen LogP contribution < -0.4 is 4.90 Å². The highest BCUT2D eigenvalue weighted by Gasteiger charge is 2.36. The molecule has 1 aromatic heterocycles. The molecule has 0 bridgehead atoms. The first-order valence-corrected chi connectivity index (χ1v) is 21.2. The van der Waals surface area contributed by atoms with E-state index in [1.54, 1.807) is 0 Å². The van der Waals surface area contributed by atoms with Gasteiger partial charge in [-0.1, -0.05) is 178 Å². The molecule has 12 rings (SSSR count). The quantitative estimate of drug-likeness (QED) is 0.156. The molecule has 0 spiro atoms. The summed E-state index contributed by atoms with van der Waals surface area (Å²) in [6, 6.07) is 77.5. The third-order valence-corrected chi connectivity index (χ3v) is 13.1. The summed E-state index contributed by atoms with van der Waals surface area (Å²) in [6.07, 6.45) is 0. The van der Waals surface area contributed by atoms with Crippen LogP contribution in [0.3, 0.4) is 0 Å². The highest BCUT2D eigenvalue weighted by molar-refractivity contribution is 6.12. The van der Waals surface area contributed by atoms with Crippen LogP contribution in [0.25, 0.3) is 88.0 Å². The Labute approximate surface area is 355 Å². The molecule has 288 valence electrons. The van der Waals surface area contributed by atoms with Gasteiger partial charge in [0.05, 0.1) is 5.69 Å². The molecule has 0 aliphatic heterocycles. The van der Waals surface area contributed by atoms with Crippen LogP contribution in [0.5, 0.6) is 0 Å². The minimum absolute atomic E-state index is 0.0592. The molecule has 0 atom stereocenters. The van der Waals surface area contributed by atoms with Gasteiger partial charge in [-0.2, -0.15) is 0 Å². The van der Waals surface area contributed by atoms with Crippen molar-refractivity contribution in [2.45, 2.75) is 19.3 Å². The summed E-state index contributed by atoms with van der Waals surface area (Å²) in [5.74, 6) is 0. The van der Waals surface area contributed by atoms with Crippen LogP contribution in [-0.2, 0) is 5.41 Å². The second-order valence-corrected chi connectivity index (χ2v) is 16.8.